The fourth-order valence-corrected chi connectivity index (χ4v) is 6.60. The van der Waals surface area contributed by atoms with E-state index >= 15 is 0 Å². The molecule has 3 N–H and O–H groups in total. The molecule has 2 aromatic carbocycles. The van der Waals surface area contributed by atoms with Gasteiger partial charge in [-0.25, -0.2) is 21.6 Å². The number of sulfone groups is 2. The van der Waals surface area contributed by atoms with E-state index in [0.29, 0.717) is 10.4 Å². The maximum Gasteiger partial charge on any atom is 0.404 e. The van der Waals surface area contributed by atoms with Crippen LogP contribution in [0.5, 0.6) is 0 Å². The van der Waals surface area contributed by atoms with Crippen molar-refractivity contribution in [1.29, 1.82) is 0 Å². The number of carbonyl (C=O) groups is 2. The van der Waals surface area contributed by atoms with Crippen molar-refractivity contribution in [2.75, 3.05) is 12.3 Å². The summed E-state index contributed by atoms with van der Waals surface area (Å²) in [6.45, 7) is -0.241. The van der Waals surface area contributed by atoms with Crippen LogP contribution in [0.25, 0.3) is 0 Å². The lowest BCUT2D eigenvalue weighted by Gasteiger charge is -2.08. The Morgan fingerprint density at radius 1 is 0.879 bits per heavy atom. The molecule has 0 saturated heterocycles. The van der Waals surface area contributed by atoms with Crippen LogP contribution in [0, 0.1) is 0 Å². The van der Waals surface area contributed by atoms with Crippen LogP contribution >= 0.6 is 11.3 Å². The van der Waals surface area contributed by atoms with E-state index in [2.05, 4.69) is 10.1 Å². The monoisotopic (exact) mass is 508 g/mol. The van der Waals surface area contributed by atoms with E-state index in [9.17, 15) is 26.4 Å². The van der Waals surface area contributed by atoms with Crippen molar-refractivity contribution in [2.24, 2.45) is 5.73 Å². The molecule has 1 aromatic heterocycles. The first-order chi connectivity index (χ1) is 15.6. The van der Waals surface area contributed by atoms with Gasteiger partial charge in [0.1, 0.15) is 10.8 Å². The third-order valence-electron chi connectivity index (χ3n) is 4.44. The zero-order valence-electron chi connectivity index (χ0n) is 17.1. The molecule has 0 unspecified atom stereocenters. The van der Waals surface area contributed by atoms with Crippen LogP contribution in [0.15, 0.2) is 80.7 Å². The summed E-state index contributed by atoms with van der Waals surface area (Å²) >= 11 is 0.919. The van der Waals surface area contributed by atoms with Crippen LogP contribution in [0.3, 0.4) is 0 Å². The molecule has 174 valence electrons. The first-order valence-electron chi connectivity index (χ1n) is 9.52. The quantitative estimate of drug-likeness (QED) is 0.450. The van der Waals surface area contributed by atoms with Crippen LogP contribution in [-0.4, -0.2) is 41.1 Å². The number of nitrogens with two attached hydrogens (primary N) is 1. The number of rotatable bonds is 9. The van der Waals surface area contributed by atoms with Crippen molar-refractivity contribution in [3.05, 3.63) is 77.2 Å². The highest BCUT2D eigenvalue weighted by Gasteiger charge is 2.22. The molecule has 0 aliphatic heterocycles. The molecule has 0 spiro atoms. The molecule has 3 rings (SSSR count). The molecule has 9 nitrogen and oxygen atoms in total. The van der Waals surface area contributed by atoms with Gasteiger partial charge in [-0.15, -0.1) is 11.3 Å². The number of carbonyl (C=O) groups excluding carboxylic acids is 2. The third kappa shape index (κ3) is 6.18. The lowest BCUT2D eigenvalue weighted by atomic mass is 10.2. The number of nitrogens with one attached hydrogen (secondary N) is 1. The Morgan fingerprint density at radius 2 is 1.52 bits per heavy atom. The fraction of sp³-hybridized carbons (Fsp3) is 0.143. The average molecular weight is 509 g/mol. The van der Waals surface area contributed by atoms with E-state index in [0.717, 1.165) is 11.3 Å². The summed E-state index contributed by atoms with van der Waals surface area (Å²) in [6, 6.07) is 16.1. The summed E-state index contributed by atoms with van der Waals surface area (Å²) in [6.07, 6.45) is -0.968. The molecule has 3 aromatic rings. The molecule has 0 bridgehead atoms. The first-order valence-corrected chi connectivity index (χ1v) is 13.5. The van der Waals surface area contributed by atoms with E-state index in [1.54, 1.807) is 30.3 Å². The van der Waals surface area contributed by atoms with Gasteiger partial charge in [0.2, 0.25) is 9.84 Å². The summed E-state index contributed by atoms with van der Waals surface area (Å²) in [4.78, 5) is 23.1. The summed E-state index contributed by atoms with van der Waals surface area (Å²) in [7, 11) is -7.63. The van der Waals surface area contributed by atoms with E-state index in [1.807, 2.05) is 0 Å². The van der Waals surface area contributed by atoms with Crippen LogP contribution in [0.4, 0.5) is 4.79 Å². The highest BCUT2D eigenvalue weighted by molar-refractivity contribution is 7.93. The number of hydrogen-bond donors (Lipinski definition) is 2. The minimum atomic E-state index is -3.88. The predicted octanol–water partition coefficient (Wildman–Crippen LogP) is 2.38. The lowest BCUT2D eigenvalue weighted by molar-refractivity contribution is 0.0956. The van der Waals surface area contributed by atoms with E-state index in [-0.39, 0.29) is 38.8 Å². The normalized spacial score (nSPS) is 11.6. The molecule has 0 radical (unpaired) electrons. The Labute approximate surface area is 195 Å². The predicted molar refractivity (Wildman–Crippen MR) is 121 cm³/mol. The molecule has 0 saturated carbocycles. The van der Waals surface area contributed by atoms with Gasteiger partial charge < -0.3 is 15.8 Å². The highest BCUT2D eigenvalue weighted by Crippen LogP contribution is 2.29. The molecule has 0 atom stereocenters. The summed E-state index contributed by atoms with van der Waals surface area (Å²) in [5, 5.41) is 2.55. The van der Waals surface area contributed by atoms with Gasteiger partial charge in [0.05, 0.1) is 15.5 Å². The minimum Gasteiger partial charge on any atom is -0.444 e. The van der Waals surface area contributed by atoms with Gasteiger partial charge in [-0.05, 0) is 48.5 Å². The van der Waals surface area contributed by atoms with Gasteiger partial charge in [-0.2, -0.15) is 0 Å². The van der Waals surface area contributed by atoms with E-state index < -0.39 is 25.8 Å². The van der Waals surface area contributed by atoms with Crippen molar-refractivity contribution in [3.63, 3.8) is 0 Å². The number of primary amides is 1. The second kappa shape index (κ2) is 10.1. The van der Waals surface area contributed by atoms with Crippen LogP contribution < -0.4 is 11.1 Å². The van der Waals surface area contributed by atoms with E-state index in [4.69, 9.17) is 5.73 Å². The Bertz CT molecular complexity index is 1350. The zero-order chi connectivity index (χ0) is 24.1. The number of ether oxygens (including phenoxy) is 1. The second-order valence-corrected chi connectivity index (χ2v) is 12.2. The summed E-state index contributed by atoms with van der Waals surface area (Å²) < 4.78 is 55.4. The summed E-state index contributed by atoms with van der Waals surface area (Å²) in [5.74, 6) is -0.727. The van der Waals surface area contributed by atoms with Gasteiger partial charge in [-0.1, -0.05) is 18.2 Å². The van der Waals surface area contributed by atoms with Gasteiger partial charge in [0.15, 0.2) is 9.84 Å². The molecule has 12 heteroatoms. The Kier molecular flexibility index (Phi) is 7.51. The van der Waals surface area contributed by atoms with Gasteiger partial charge in [0, 0.05) is 17.0 Å². The van der Waals surface area contributed by atoms with Crippen molar-refractivity contribution in [2.45, 2.75) is 20.6 Å². The topological polar surface area (TPSA) is 150 Å². The van der Waals surface area contributed by atoms with Crippen LogP contribution in [0.1, 0.15) is 15.2 Å². The Balaban J connectivity index is 1.65. The summed E-state index contributed by atoms with van der Waals surface area (Å²) in [5.41, 5.74) is 5.32. The number of amides is 2. The fourth-order valence-electron chi connectivity index (χ4n) is 2.77. The van der Waals surface area contributed by atoms with Gasteiger partial charge in [0.25, 0.3) is 5.91 Å². The van der Waals surface area contributed by atoms with Gasteiger partial charge >= 0.3 is 6.09 Å². The van der Waals surface area contributed by atoms with Crippen LogP contribution in [0.2, 0.25) is 0 Å². The largest absolute Gasteiger partial charge is 0.444 e. The average Bonchev–Trinajstić information content (AvgIpc) is 3.28. The third-order valence-corrected chi connectivity index (χ3v) is 9.50. The highest BCUT2D eigenvalue weighted by atomic mass is 32.2. The molecule has 2 amide bonds. The first kappa shape index (κ1) is 24.4. The van der Waals surface area contributed by atoms with Crippen molar-refractivity contribution in [1.82, 2.24) is 5.32 Å². The van der Waals surface area contributed by atoms with Crippen molar-refractivity contribution in [3.8, 4) is 0 Å². The molecule has 33 heavy (non-hydrogen) atoms. The molecule has 0 aliphatic rings. The smallest absolute Gasteiger partial charge is 0.404 e. The molecule has 1 heterocycles. The second-order valence-electron chi connectivity index (χ2n) is 6.74. The SMILES string of the molecule is NC(=O)OCc1ccc(S(=O)(=O)c2ccc(S(=O)(=O)CCNC(=O)c3ccccc3)cc2)s1. The maximum atomic E-state index is 12.8. The Hall–Kier alpha value is -3.22. The molecule has 0 aliphatic carbocycles. The van der Waals surface area contributed by atoms with E-state index in [1.165, 1.54) is 36.4 Å². The minimum absolute atomic E-state index is 0.0183. The standard InChI is InChI=1S/C21H20N2O7S3/c22-21(25)30-14-16-6-11-19(31-16)33(28,29)18-9-7-17(8-10-18)32(26,27)13-12-23-20(24)15-4-2-1-3-5-15/h1-11H,12-14H2,(H2,22,25)(H,23,24). The lowest BCUT2D eigenvalue weighted by Crippen LogP contribution is -2.29. The maximum absolute atomic E-state index is 12.8. The number of thiophene rings is 1. The molecule has 0 fully saturated rings. The van der Waals surface area contributed by atoms with Gasteiger partial charge in [-0.3, -0.25) is 4.79 Å². The van der Waals surface area contributed by atoms with Crippen LogP contribution in [-0.2, 0) is 31.0 Å². The number of benzene rings is 2. The number of hydrogen-bond acceptors (Lipinski definition) is 8. The molecular weight excluding hydrogens is 488 g/mol. The van der Waals surface area contributed by atoms with Crippen molar-refractivity contribution >= 4 is 43.0 Å². The Morgan fingerprint density at radius 3 is 2.15 bits per heavy atom. The molecular formula is C21H20N2O7S3. The zero-order valence-corrected chi connectivity index (χ0v) is 19.6. The van der Waals surface area contributed by atoms with Crippen molar-refractivity contribution < 1.29 is 31.2 Å².